The fraction of sp³-hybridized carbons (Fsp3) is 0.438. The SMILES string of the molecule is CC.CCOC(=O)/C(NN)=C(/N)Oc1ccc(Cl)c(OC2CC2)c1. The highest BCUT2D eigenvalue weighted by Gasteiger charge is 2.25. The Morgan fingerprint density at radius 1 is 1.38 bits per heavy atom. The standard InChI is InChI=1S/C14H18ClN3O4.C2H6/c1-2-20-14(19)12(18-17)13(16)22-9-5-6-10(15)11(7-9)21-8-3-4-8;1-2/h5-8,18H,2-4,16-17H2,1H3;1-2H3/b13-12+;. The zero-order valence-electron chi connectivity index (χ0n) is 14.1. The molecule has 5 N–H and O–H groups in total. The minimum atomic E-state index is -0.703. The summed E-state index contributed by atoms with van der Waals surface area (Å²) in [6.45, 7) is 5.86. The Morgan fingerprint density at radius 3 is 2.58 bits per heavy atom. The number of benzene rings is 1. The van der Waals surface area contributed by atoms with Crippen molar-refractivity contribution in [2.75, 3.05) is 6.61 Å². The van der Waals surface area contributed by atoms with Crippen LogP contribution in [0.4, 0.5) is 0 Å². The van der Waals surface area contributed by atoms with E-state index < -0.39 is 5.97 Å². The van der Waals surface area contributed by atoms with Gasteiger partial charge in [-0.25, -0.2) is 4.79 Å². The first-order valence-corrected chi connectivity index (χ1v) is 8.20. The largest absolute Gasteiger partial charge is 0.489 e. The van der Waals surface area contributed by atoms with Gasteiger partial charge in [0.05, 0.1) is 17.7 Å². The fourth-order valence-corrected chi connectivity index (χ4v) is 1.78. The molecule has 0 spiro atoms. The summed E-state index contributed by atoms with van der Waals surface area (Å²) in [6, 6.07) is 4.84. The summed E-state index contributed by atoms with van der Waals surface area (Å²) in [5.74, 6) is 5.24. The van der Waals surface area contributed by atoms with Gasteiger partial charge in [-0.2, -0.15) is 0 Å². The molecule has 1 aliphatic rings. The van der Waals surface area contributed by atoms with Crippen LogP contribution in [0.1, 0.15) is 33.6 Å². The first-order chi connectivity index (χ1) is 11.5. The van der Waals surface area contributed by atoms with Crippen molar-refractivity contribution >= 4 is 17.6 Å². The molecule has 2 rings (SSSR count). The van der Waals surface area contributed by atoms with Gasteiger partial charge in [-0.1, -0.05) is 25.4 Å². The van der Waals surface area contributed by atoms with Gasteiger partial charge in [-0.3, -0.25) is 5.84 Å². The van der Waals surface area contributed by atoms with Gasteiger partial charge < -0.3 is 25.4 Å². The second kappa shape index (κ2) is 9.89. The summed E-state index contributed by atoms with van der Waals surface area (Å²) >= 11 is 6.06. The summed E-state index contributed by atoms with van der Waals surface area (Å²) < 4.78 is 15.9. The molecular weight excluding hydrogens is 334 g/mol. The van der Waals surface area contributed by atoms with Crippen molar-refractivity contribution < 1.29 is 19.0 Å². The molecule has 0 saturated heterocycles. The Morgan fingerprint density at radius 2 is 2.04 bits per heavy atom. The summed E-state index contributed by atoms with van der Waals surface area (Å²) in [5.41, 5.74) is 7.74. The van der Waals surface area contributed by atoms with E-state index in [2.05, 4.69) is 5.43 Å². The lowest BCUT2D eigenvalue weighted by Gasteiger charge is -2.13. The van der Waals surface area contributed by atoms with E-state index in [0.717, 1.165) is 12.8 Å². The normalized spacial score (nSPS) is 13.9. The number of carbonyl (C=O) groups is 1. The quantitative estimate of drug-likeness (QED) is 0.226. The molecule has 0 bridgehead atoms. The molecule has 0 atom stereocenters. The second-order valence-corrected chi connectivity index (χ2v) is 5.02. The van der Waals surface area contributed by atoms with Gasteiger partial charge in [0.15, 0.2) is 5.70 Å². The predicted octanol–water partition coefficient (Wildman–Crippen LogP) is 2.44. The summed E-state index contributed by atoms with van der Waals surface area (Å²) in [4.78, 5) is 11.7. The predicted molar refractivity (Wildman–Crippen MR) is 92.2 cm³/mol. The lowest BCUT2D eigenvalue weighted by atomic mass is 10.3. The molecule has 0 unspecified atom stereocenters. The van der Waals surface area contributed by atoms with Crippen molar-refractivity contribution in [2.24, 2.45) is 11.6 Å². The smallest absolute Gasteiger partial charge is 0.361 e. The Labute approximate surface area is 146 Å². The van der Waals surface area contributed by atoms with Gasteiger partial charge >= 0.3 is 5.97 Å². The van der Waals surface area contributed by atoms with Gasteiger partial charge in [0, 0.05) is 6.07 Å². The first kappa shape index (κ1) is 19.9. The van der Waals surface area contributed by atoms with Crippen molar-refractivity contribution in [2.45, 2.75) is 39.7 Å². The third kappa shape index (κ3) is 5.82. The number of hydrogen-bond acceptors (Lipinski definition) is 7. The van der Waals surface area contributed by atoms with E-state index in [-0.39, 0.29) is 24.3 Å². The molecule has 0 radical (unpaired) electrons. The van der Waals surface area contributed by atoms with Crippen molar-refractivity contribution in [1.29, 1.82) is 0 Å². The van der Waals surface area contributed by atoms with Crippen LogP contribution in [-0.2, 0) is 9.53 Å². The third-order valence-electron chi connectivity index (χ3n) is 2.82. The number of nitrogens with two attached hydrogens (primary N) is 2. The zero-order chi connectivity index (χ0) is 18.1. The number of halogens is 1. The average molecular weight is 358 g/mol. The van der Waals surface area contributed by atoms with Crippen LogP contribution in [0.3, 0.4) is 0 Å². The number of hydrogen-bond donors (Lipinski definition) is 3. The molecule has 1 saturated carbocycles. The maximum atomic E-state index is 11.7. The lowest BCUT2D eigenvalue weighted by Crippen LogP contribution is -2.32. The first-order valence-electron chi connectivity index (χ1n) is 7.82. The van der Waals surface area contributed by atoms with Crippen molar-refractivity contribution in [3.8, 4) is 11.5 Å². The number of hydrazine groups is 1. The zero-order valence-corrected chi connectivity index (χ0v) is 14.9. The fourth-order valence-electron chi connectivity index (χ4n) is 1.61. The van der Waals surface area contributed by atoms with Crippen LogP contribution in [0, 0.1) is 0 Å². The molecule has 8 heteroatoms. The van der Waals surface area contributed by atoms with Gasteiger partial charge in [-0.15, -0.1) is 0 Å². The van der Waals surface area contributed by atoms with Crippen LogP contribution in [0.25, 0.3) is 0 Å². The van der Waals surface area contributed by atoms with Gasteiger partial charge in [0.25, 0.3) is 0 Å². The molecule has 0 amide bonds. The van der Waals surface area contributed by atoms with E-state index in [1.54, 1.807) is 25.1 Å². The Hall–Kier alpha value is -2.12. The molecule has 24 heavy (non-hydrogen) atoms. The number of esters is 1. The molecule has 134 valence electrons. The highest BCUT2D eigenvalue weighted by atomic mass is 35.5. The number of ether oxygens (including phenoxy) is 3. The molecule has 1 aromatic rings. The van der Waals surface area contributed by atoms with Gasteiger partial charge in [0.1, 0.15) is 11.5 Å². The maximum absolute atomic E-state index is 11.7. The lowest BCUT2D eigenvalue weighted by molar-refractivity contribution is -0.139. The number of nitrogens with one attached hydrogen (secondary N) is 1. The monoisotopic (exact) mass is 357 g/mol. The minimum absolute atomic E-state index is 0.165. The van der Waals surface area contributed by atoms with Crippen LogP contribution in [0.5, 0.6) is 11.5 Å². The summed E-state index contributed by atoms with van der Waals surface area (Å²) in [6.07, 6.45) is 2.21. The molecule has 0 aromatic heterocycles. The highest BCUT2D eigenvalue weighted by molar-refractivity contribution is 6.32. The van der Waals surface area contributed by atoms with Crippen molar-refractivity contribution in [1.82, 2.24) is 5.43 Å². The molecule has 0 aliphatic heterocycles. The van der Waals surface area contributed by atoms with Crippen LogP contribution < -0.4 is 26.5 Å². The number of carbonyl (C=O) groups excluding carboxylic acids is 1. The van der Waals surface area contributed by atoms with E-state index >= 15 is 0 Å². The van der Waals surface area contributed by atoms with Crippen molar-refractivity contribution in [3.05, 3.63) is 34.8 Å². The number of rotatable bonds is 7. The van der Waals surface area contributed by atoms with Crippen LogP contribution in [0.15, 0.2) is 29.8 Å². The van der Waals surface area contributed by atoms with E-state index in [9.17, 15) is 4.79 Å². The molecule has 1 aliphatic carbocycles. The van der Waals surface area contributed by atoms with Crippen LogP contribution >= 0.6 is 11.6 Å². The molecule has 0 heterocycles. The maximum Gasteiger partial charge on any atom is 0.361 e. The molecule has 1 fully saturated rings. The Balaban J connectivity index is 0.00000139. The second-order valence-electron chi connectivity index (χ2n) is 4.62. The molecule has 1 aromatic carbocycles. The third-order valence-corrected chi connectivity index (χ3v) is 3.13. The average Bonchev–Trinajstić information content (AvgIpc) is 3.37. The van der Waals surface area contributed by atoms with E-state index in [1.807, 2.05) is 13.8 Å². The molecular formula is C16H24ClN3O4. The van der Waals surface area contributed by atoms with Crippen LogP contribution in [0.2, 0.25) is 5.02 Å². The van der Waals surface area contributed by atoms with Crippen LogP contribution in [-0.4, -0.2) is 18.7 Å². The van der Waals surface area contributed by atoms with Gasteiger partial charge in [0.2, 0.25) is 5.88 Å². The van der Waals surface area contributed by atoms with E-state index in [4.69, 9.17) is 37.4 Å². The summed E-state index contributed by atoms with van der Waals surface area (Å²) in [7, 11) is 0. The Kier molecular flexibility index (Phi) is 8.21. The van der Waals surface area contributed by atoms with Gasteiger partial charge in [-0.05, 0) is 31.9 Å². The van der Waals surface area contributed by atoms with E-state index in [1.165, 1.54) is 0 Å². The Bertz CT molecular complexity index is 589. The van der Waals surface area contributed by atoms with E-state index in [0.29, 0.717) is 16.5 Å². The topological polar surface area (TPSA) is 109 Å². The highest BCUT2D eigenvalue weighted by Crippen LogP contribution is 2.34. The minimum Gasteiger partial charge on any atom is -0.489 e. The van der Waals surface area contributed by atoms with Crippen molar-refractivity contribution in [3.63, 3.8) is 0 Å². The summed E-state index contributed by atoms with van der Waals surface area (Å²) in [5, 5.41) is 0.476. The molecule has 7 nitrogen and oxygen atoms in total.